The Kier molecular flexibility index (Phi) is 9.18. The molecule has 7 nitrogen and oxygen atoms in total. The quantitative estimate of drug-likeness (QED) is 0.103. The van der Waals surface area contributed by atoms with Crippen molar-refractivity contribution in [3.05, 3.63) is 57.6 Å². The number of benzene rings is 2. The van der Waals surface area contributed by atoms with Gasteiger partial charge in [0.15, 0.2) is 0 Å². The predicted octanol–water partition coefficient (Wildman–Crippen LogP) is 3.90. The Labute approximate surface area is 207 Å². The number of aliphatic imine (C=N–C) groups is 1. The maximum Gasteiger partial charge on any atom is 0.203 e. The molecule has 1 heterocycles. The molecule has 0 saturated carbocycles. The monoisotopic (exact) mass is 554 g/mol. The number of fused-ring (bicyclic) bond motifs is 1. The summed E-state index contributed by atoms with van der Waals surface area (Å²) in [5, 5.41) is 10.3. The van der Waals surface area contributed by atoms with Crippen molar-refractivity contribution < 1.29 is 14.6 Å². The van der Waals surface area contributed by atoms with Crippen molar-refractivity contribution in [2.24, 2.45) is 16.6 Å². The lowest BCUT2D eigenvalue weighted by molar-refractivity contribution is 0.0144. The number of hydrazine groups is 1. The van der Waals surface area contributed by atoms with Crippen molar-refractivity contribution in [3.8, 4) is 11.5 Å². The molecule has 1 atom stereocenters. The molecule has 0 fully saturated rings. The van der Waals surface area contributed by atoms with Gasteiger partial charge < -0.3 is 20.3 Å². The third-order valence-corrected chi connectivity index (χ3v) is 6.24. The van der Waals surface area contributed by atoms with Gasteiger partial charge in [-0.3, -0.25) is 5.43 Å². The van der Waals surface area contributed by atoms with Crippen LogP contribution in [0.25, 0.3) is 0 Å². The van der Waals surface area contributed by atoms with Crippen LogP contribution in [0.2, 0.25) is 0 Å². The Bertz CT molecular complexity index is 963. The van der Waals surface area contributed by atoms with E-state index in [4.69, 9.17) is 21.1 Å². The predicted molar refractivity (Wildman–Crippen MR) is 138 cm³/mol. The second-order valence-corrected chi connectivity index (χ2v) is 8.55. The van der Waals surface area contributed by atoms with E-state index in [1.165, 1.54) is 0 Å². The van der Waals surface area contributed by atoms with Crippen LogP contribution >= 0.6 is 24.0 Å². The molecule has 1 aliphatic heterocycles. The summed E-state index contributed by atoms with van der Waals surface area (Å²) in [5.74, 6) is 6.74. The van der Waals surface area contributed by atoms with Crippen LogP contribution in [0.1, 0.15) is 53.1 Å². The van der Waals surface area contributed by atoms with Crippen LogP contribution < -0.4 is 21.7 Å². The molecular formula is C24H35IN4O3. The van der Waals surface area contributed by atoms with Crippen LogP contribution in [0.15, 0.2) is 29.3 Å². The number of hydrogen-bond acceptors (Lipinski definition) is 5. The molecule has 3 rings (SSSR count). The molecule has 6 N–H and O–H groups in total. The Morgan fingerprint density at radius 3 is 2.47 bits per heavy atom. The molecule has 2 aromatic carbocycles. The van der Waals surface area contributed by atoms with E-state index in [0.717, 1.165) is 58.4 Å². The lowest BCUT2D eigenvalue weighted by atomic mass is 9.86. The van der Waals surface area contributed by atoms with Gasteiger partial charge in [0.1, 0.15) is 17.1 Å². The highest BCUT2D eigenvalue weighted by Gasteiger charge is 2.34. The van der Waals surface area contributed by atoms with Gasteiger partial charge in [0, 0.05) is 12.0 Å². The van der Waals surface area contributed by atoms with E-state index in [1.807, 2.05) is 45.0 Å². The number of hydrogen-bond donors (Lipinski definition) is 4. The van der Waals surface area contributed by atoms with Gasteiger partial charge in [0.2, 0.25) is 5.96 Å². The summed E-state index contributed by atoms with van der Waals surface area (Å²) in [6.45, 7) is 9.72. The molecule has 1 unspecified atom stereocenters. The summed E-state index contributed by atoms with van der Waals surface area (Å²) < 4.78 is 12.4. The van der Waals surface area contributed by atoms with Crippen LogP contribution in [-0.2, 0) is 24.3 Å². The van der Waals surface area contributed by atoms with E-state index in [2.05, 4.69) is 17.3 Å². The van der Waals surface area contributed by atoms with Gasteiger partial charge in [-0.2, -0.15) is 0 Å². The first-order valence-corrected chi connectivity index (χ1v) is 10.7. The second kappa shape index (κ2) is 11.2. The van der Waals surface area contributed by atoms with Crippen LogP contribution in [-0.4, -0.2) is 23.3 Å². The van der Waals surface area contributed by atoms with E-state index in [-0.39, 0.29) is 35.5 Å². The number of phenolic OH excluding ortho intramolecular Hbond substituents is 1. The summed E-state index contributed by atoms with van der Waals surface area (Å²) in [7, 11) is 0. The maximum absolute atomic E-state index is 10.3. The van der Waals surface area contributed by atoms with Crippen LogP contribution in [0.3, 0.4) is 0 Å². The Morgan fingerprint density at radius 1 is 1.16 bits per heavy atom. The minimum atomic E-state index is -0.271. The van der Waals surface area contributed by atoms with E-state index in [0.29, 0.717) is 25.5 Å². The topological polar surface area (TPSA) is 115 Å². The molecule has 176 valence electrons. The summed E-state index contributed by atoms with van der Waals surface area (Å²) >= 11 is 0. The highest BCUT2D eigenvalue weighted by Crippen LogP contribution is 2.44. The van der Waals surface area contributed by atoms with Crippen molar-refractivity contribution in [1.29, 1.82) is 0 Å². The standard InChI is InChI=1S/C24H34N4O3.HI/c1-15-16(2)22-20(17(3)21(15)29)9-10-24(4,31-22)11-12-30-14-19-7-5-18(6-8-19)13-27-23(25)28-26;/h5-8,29H,9-14,26H2,1-4H3,(H3,25,27,28);1H. The fraction of sp³-hybridized carbons (Fsp3) is 0.458. The Balaban J connectivity index is 0.00000363. The lowest BCUT2D eigenvalue weighted by Gasteiger charge is -2.38. The summed E-state index contributed by atoms with van der Waals surface area (Å²) in [4.78, 5) is 4.11. The van der Waals surface area contributed by atoms with Crippen molar-refractivity contribution in [1.82, 2.24) is 5.43 Å². The number of phenols is 1. The molecule has 8 heteroatoms. The lowest BCUT2D eigenvalue weighted by Crippen LogP contribution is -2.38. The van der Waals surface area contributed by atoms with Gasteiger partial charge in [0.05, 0.1) is 19.8 Å². The van der Waals surface area contributed by atoms with Gasteiger partial charge in [-0.1, -0.05) is 24.3 Å². The maximum atomic E-state index is 10.3. The van der Waals surface area contributed by atoms with E-state index in [9.17, 15) is 5.11 Å². The highest BCUT2D eigenvalue weighted by atomic mass is 127. The molecule has 0 bridgehead atoms. The number of nitrogens with zero attached hydrogens (tertiary/aromatic N) is 1. The molecule has 0 aromatic heterocycles. The highest BCUT2D eigenvalue weighted by molar-refractivity contribution is 14.0. The van der Waals surface area contributed by atoms with E-state index < -0.39 is 0 Å². The molecule has 0 amide bonds. The van der Waals surface area contributed by atoms with Gasteiger partial charge >= 0.3 is 0 Å². The summed E-state index contributed by atoms with van der Waals surface area (Å²) in [6, 6.07) is 8.09. The Hall–Kier alpha value is -2.04. The molecule has 1 aliphatic rings. The smallest absolute Gasteiger partial charge is 0.203 e. The van der Waals surface area contributed by atoms with Crippen LogP contribution in [0, 0.1) is 20.8 Å². The van der Waals surface area contributed by atoms with E-state index in [1.54, 1.807) is 0 Å². The molecule has 2 aromatic rings. The average Bonchev–Trinajstić information content (AvgIpc) is 2.78. The second-order valence-electron chi connectivity index (χ2n) is 8.55. The number of halogens is 1. The molecule has 0 spiro atoms. The number of guanidine groups is 1. The summed E-state index contributed by atoms with van der Waals surface area (Å²) in [6.07, 6.45) is 2.62. The summed E-state index contributed by atoms with van der Waals surface area (Å²) in [5.41, 5.74) is 13.7. The number of aromatic hydroxyl groups is 1. The molecule has 0 radical (unpaired) electrons. The number of ether oxygens (including phenoxy) is 2. The zero-order chi connectivity index (χ0) is 22.6. The first-order valence-electron chi connectivity index (χ1n) is 10.7. The fourth-order valence-corrected chi connectivity index (χ4v) is 3.91. The SMILES string of the molecule is Cc1c(C)c2c(c(C)c1O)CCC(C)(CCOCc1ccc(CN=C(N)NN)cc1)O2.I. The number of nitrogens with one attached hydrogen (secondary N) is 1. The minimum absolute atomic E-state index is 0. The third kappa shape index (κ3) is 6.05. The van der Waals surface area contributed by atoms with Crippen molar-refractivity contribution in [2.75, 3.05) is 6.61 Å². The minimum Gasteiger partial charge on any atom is -0.507 e. The molecule has 32 heavy (non-hydrogen) atoms. The van der Waals surface area contributed by atoms with Crippen molar-refractivity contribution in [3.63, 3.8) is 0 Å². The van der Waals surface area contributed by atoms with Gasteiger partial charge in [-0.25, -0.2) is 10.8 Å². The number of nitrogens with two attached hydrogens (primary N) is 2. The van der Waals surface area contributed by atoms with E-state index >= 15 is 0 Å². The fourth-order valence-electron chi connectivity index (χ4n) is 3.91. The van der Waals surface area contributed by atoms with Gasteiger partial charge in [0.25, 0.3) is 0 Å². The third-order valence-electron chi connectivity index (χ3n) is 6.24. The van der Waals surface area contributed by atoms with Gasteiger partial charge in [-0.05, 0) is 68.4 Å². The van der Waals surface area contributed by atoms with Crippen LogP contribution in [0.4, 0.5) is 0 Å². The number of rotatable bonds is 7. The van der Waals surface area contributed by atoms with Gasteiger partial charge in [-0.15, -0.1) is 24.0 Å². The zero-order valence-electron chi connectivity index (χ0n) is 19.3. The van der Waals surface area contributed by atoms with Crippen LogP contribution in [0.5, 0.6) is 11.5 Å². The average molecular weight is 554 g/mol. The molecular weight excluding hydrogens is 519 g/mol. The normalized spacial score (nSPS) is 17.8. The zero-order valence-corrected chi connectivity index (χ0v) is 21.7. The molecule has 0 aliphatic carbocycles. The molecule has 0 saturated heterocycles. The Morgan fingerprint density at radius 2 is 1.81 bits per heavy atom. The first kappa shape index (κ1) is 26.2. The van der Waals surface area contributed by atoms with Crippen molar-refractivity contribution >= 4 is 29.9 Å². The van der Waals surface area contributed by atoms with Crippen molar-refractivity contribution in [2.45, 2.75) is 65.7 Å². The largest absolute Gasteiger partial charge is 0.507 e. The first-order chi connectivity index (χ1) is 14.7.